The number of carbonyl (C=O) groups is 1. The van der Waals surface area contributed by atoms with Gasteiger partial charge in [-0.2, -0.15) is 0 Å². The molecule has 2 fully saturated rings. The van der Waals surface area contributed by atoms with Gasteiger partial charge in [0.25, 0.3) is 0 Å². The van der Waals surface area contributed by atoms with Gasteiger partial charge in [-0.1, -0.05) is 11.6 Å². The van der Waals surface area contributed by atoms with E-state index in [1.54, 1.807) is 16.9 Å². The van der Waals surface area contributed by atoms with Crippen LogP contribution in [0.1, 0.15) is 56.4 Å². The van der Waals surface area contributed by atoms with Gasteiger partial charge in [0.1, 0.15) is 5.01 Å². The smallest absolute Gasteiger partial charge is 0.223 e. The van der Waals surface area contributed by atoms with Gasteiger partial charge in [0.2, 0.25) is 5.91 Å². The number of thiazole rings is 1. The second-order valence-electron chi connectivity index (χ2n) is 7.97. The Bertz CT molecular complexity index is 617. The van der Waals surface area contributed by atoms with Crippen LogP contribution in [-0.2, 0) is 11.3 Å². The van der Waals surface area contributed by atoms with Crippen LogP contribution >= 0.6 is 11.3 Å². The van der Waals surface area contributed by atoms with Crippen LogP contribution in [0.4, 0.5) is 0 Å². The fourth-order valence-corrected chi connectivity index (χ4v) is 5.21. The van der Waals surface area contributed by atoms with Crippen molar-refractivity contribution in [2.45, 2.75) is 57.9 Å². The molecule has 1 atom stereocenters. The molecule has 4 rings (SSSR count). The minimum atomic E-state index is 0.273. The fourth-order valence-electron chi connectivity index (χ4n) is 4.55. The topological polar surface area (TPSA) is 45.2 Å². The quantitative estimate of drug-likeness (QED) is 0.787. The Hall–Kier alpha value is -1.20. The van der Waals surface area contributed by atoms with Crippen molar-refractivity contribution in [2.24, 2.45) is 11.3 Å². The molecule has 4 nitrogen and oxygen atoms in total. The van der Waals surface area contributed by atoms with E-state index in [0.717, 1.165) is 39.0 Å². The third-order valence-electron chi connectivity index (χ3n) is 6.33. The van der Waals surface area contributed by atoms with Crippen LogP contribution in [0.3, 0.4) is 0 Å². The summed E-state index contributed by atoms with van der Waals surface area (Å²) in [6.07, 6.45) is 13.9. The van der Waals surface area contributed by atoms with Crippen molar-refractivity contribution >= 4 is 17.2 Å². The standard InChI is InChI=1S/C20H29N3OS/c24-19(22-9-6-16-4-2-1-3-5-16)17-14-20(17)7-11-23(12-8-20)15-18-21-10-13-25-18/h4,10,13,17H,1-3,5-9,11-12,14-15H2,(H,22,24). The van der Waals surface area contributed by atoms with Crippen molar-refractivity contribution in [2.75, 3.05) is 19.6 Å². The Labute approximate surface area is 154 Å². The first kappa shape index (κ1) is 17.2. The summed E-state index contributed by atoms with van der Waals surface area (Å²) in [5.41, 5.74) is 1.86. The summed E-state index contributed by atoms with van der Waals surface area (Å²) in [5, 5.41) is 6.46. The zero-order valence-corrected chi connectivity index (χ0v) is 15.8. The SMILES string of the molecule is O=C(NCCC1=CCCCC1)C1CC12CCN(Cc1nccs1)CC2. The predicted octanol–water partition coefficient (Wildman–Crippen LogP) is 3.75. The monoisotopic (exact) mass is 359 g/mol. The normalized spacial score (nSPS) is 25.6. The second kappa shape index (κ2) is 7.58. The van der Waals surface area contributed by atoms with Crippen LogP contribution in [0.5, 0.6) is 0 Å². The summed E-state index contributed by atoms with van der Waals surface area (Å²) in [7, 11) is 0. The van der Waals surface area contributed by atoms with E-state index in [4.69, 9.17) is 0 Å². The first-order valence-corrected chi connectivity index (χ1v) is 10.7. The lowest BCUT2D eigenvalue weighted by Gasteiger charge is -2.32. The molecule has 0 radical (unpaired) electrons. The molecule has 136 valence electrons. The predicted molar refractivity (Wildman–Crippen MR) is 101 cm³/mol. The van der Waals surface area contributed by atoms with Gasteiger partial charge in [-0.15, -0.1) is 11.3 Å². The molecule has 0 aromatic carbocycles. The molecule has 1 spiro atoms. The molecule has 1 amide bonds. The molecule has 1 N–H and O–H groups in total. The molecule has 5 heteroatoms. The van der Waals surface area contributed by atoms with Gasteiger partial charge in [-0.05, 0) is 69.9 Å². The number of aromatic nitrogens is 1. The highest BCUT2D eigenvalue weighted by Crippen LogP contribution is 2.59. The number of carbonyl (C=O) groups excluding carboxylic acids is 1. The molecular weight excluding hydrogens is 330 g/mol. The minimum absolute atomic E-state index is 0.273. The van der Waals surface area contributed by atoms with Crippen LogP contribution in [0, 0.1) is 11.3 Å². The molecule has 1 saturated heterocycles. The Morgan fingerprint density at radius 3 is 2.96 bits per heavy atom. The third kappa shape index (κ3) is 4.14. The number of piperidine rings is 1. The molecule has 3 aliphatic rings. The second-order valence-corrected chi connectivity index (χ2v) is 8.95. The molecule has 25 heavy (non-hydrogen) atoms. The number of amides is 1. The Kier molecular flexibility index (Phi) is 5.23. The number of likely N-dealkylation sites (tertiary alicyclic amines) is 1. The molecular formula is C20H29N3OS. The van der Waals surface area contributed by atoms with Crippen LogP contribution in [0.15, 0.2) is 23.2 Å². The average molecular weight is 360 g/mol. The van der Waals surface area contributed by atoms with Crippen molar-refractivity contribution in [1.82, 2.24) is 15.2 Å². The van der Waals surface area contributed by atoms with E-state index >= 15 is 0 Å². The number of allylic oxidation sites excluding steroid dienone is 1. The Balaban J connectivity index is 1.18. The molecule has 0 bridgehead atoms. The fraction of sp³-hybridized carbons (Fsp3) is 0.700. The highest BCUT2D eigenvalue weighted by atomic mass is 32.1. The lowest BCUT2D eigenvalue weighted by molar-refractivity contribution is -0.123. The number of hydrogen-bond donors (Lipinski definition) is 1. The van der Waals surface area contributed by atoms with Crippen LogP contribution in [-0.4, -0.2) is 35.4 Å². The summed E-state index contributed by atoms with van der Waals surface area (Å²) in [5.74, 6) is 0.583. The van der Waals surface area contributed by atoms with Gasteiger partial charge < -0.3 is 5.32 Å². The zero-order valence-electron chi connectivity index (χ0n) is 15.0. The molecule has 1 unspecified atom stereocenters. The largest absolute Gasteiger partial charge is 0.356 e. The van der Waals surface area contributed by atoms with Gasteiger partial charge >= 0.3 is 0 Å². The summed E-state index contributed by atoms with van der Waals surface area (Å²) < 4.78 is 0. The maximum absolute atomic E-state index is 12.5. The summed E-state index contributed by atoms with van der Waals surface area (Å²) in [4.78, 5) is 19.4. The van der Waals surface area contributed by atoms with Crippen molar-refractivity contribution < 1.29 is 4.79 Å². The van der Waals surface area contributed by atoms with Crippen molar-refractivity contribution in [3.63, 3.8) is 0 Å². The van der Waals surface area contributed by atoms with Crippen LogP contribution in [0.25, 0.3) is 0 Å². The van der Waals surface area contributed by atoms with Gasteiger partial charge in [0.15, 0.2) is 0 Å². The van der Waals surface area contributed by atoms with Gasteiger partial charge in [0.05, 0.1) is 6.54 Å². The van der Waals surface area contributed by atoms with E-state index in [2.05, 4.69) is 21.3 Å². The van der Waals surface area contributed by atoms with E-state index < -0.39 is 0 Å². The van der Waals surface area contributed by atoms with Gasteiger partial charge in [-0.3, -0.25) is 9.69 Å². The summed E-state index contributed by atoms with van der Waals surface area (Å²) >= 11 is 1.74. The zero-order chi connectivity index (χ0) is 17.1. The van der Waals surface area contributed by atoms with E-state index in [0.29, 0.717) is 11.3 Å². The summed E-state index contributed by atoms with van der Waals surface area (Å²) in [6.45, 7) is 4.01. The molecule has 1 aromatic heterocycles. The highest BCUT2D eigenvalue weighted by molar-refractivity contribution is 7.09. The Morgan fingerprint density at radius 2 is 2.24 bits per heavy atom. The number of nitrogens with one attached hydrogen (secondary N) is 1. The average Bonchev–Trinajstić information content (AvgIpc) is 3.09. The summed E-state index contributed by atoms with van der Waals surface area (Å²) in [6, 6.07) is 0. The molecule has 1 saturated carbocycles. The van der Waals surface area contributed by atoms with E-state index in [9.17, 15) is 4.79 Å². The first-order valence-electron chi connectivity index (χ1n) is 9.82. The molecule has 1 aromatic rings. The maximum atomic E-state index is 12.5. The van der Waals surface area contributed by atoms with Crippen molar-refractivity contribution in [3.05, 3.63) is 28.2 Å². The first-order chi connectivity index (χ1) is 12.3. The lowest BCUT2D eigenvalue weighted by Crippen LogP contribution is -2.37. The van der Waals surface area contributed by atoms with Crippen LogP contribution < -0.4 is 5.32 Å². The Morgan fingerprint density at radius 1 is 1.36 bits per heavy atom. The highest BCUT2D eigenvalue weighted by Gasteiger charge is 2.58. The maximum Gasteiger partial charge on any atom is 0.223 e. The van der Waals surface area contributed by atoms with E-state index in [1.807, 2.05) is 11.6 Å². The van der Waals surface area contributed by atoms with Gasteiger partial charge in [0, 0.05) is 24.0 Å². The van der Waals surface area contributed by atoms with Gasteiger partial charge in [-0.25, -0.2) is 4.98 Å². The van der Waals surface area contributed by atoms with E-state index in [1.165, 1.54) is 43.5 Å². The lowest BCUT2D eigenvalue weighted by atomic mass is 9.90. The molecule has 2 heterocycles. The number of hydrogen-bond acceptors (Lipinski definition) is 4. The van der Waals surface area contributed by atoms with Crippen molar-refractivity contribution in [1.29, 1.82) is 0 Å². The minimum Gasteiger partial charge on any atom is -0.356 e. The third-order valence-corrected chi connectivity index (χ3v) is 7.10. The number of rotatable bonds is 6. The van der Waals surface area contributed by atoms with Crippen molar-refractivity contribution in [3.8, 4) is 0 Å². The molecule has 2 aliphatic carbocycles. The number of nitrogens with zero attached hydrogens (tertiary/aromatic N) is 2. The van der Waals surface area contributed by atoms with E-state index in [-0.39, 0.29) is 5.92 Å². The molecule has 1 aliphatic heterocycles. The van der Waals surface area contributed by atoms with Crippen LogP contribution in [0.2, 0.25) is 0 Å².